The Morgan fingerprint density at radius 1 is 1.33 bits per heavy atom. The van der Waals surface area contributed by atoms with Crippen LogP contribution in [-0.2, 0) is 9.53 Å². The Hall–Kier alpha value is -2.37. The van der Waals surface area contributed by atoms with Crippen molar-refractivity contribution in [2.24, 2.45) is 0 Å². The lowest BCUT2D eigenvalue weighted by atomic mass is 9.99. The lowest BCUT2D eigenvalue weighted by Crippen LogP contribution is -2.19. The van der Waals surface area contributed by atoms with Gasteiger partial charge >= 0.3 is 5.97 Å². The fourth-order valence-corrected chi connectivity index (χ4v) is 1.89. The van der Waals surface area contributed by atoms with Crippen LogP contribution in [-0.4, -0.2) is 36.3 Å². The van der Waals surface area contributed by atoms with Crippen molar-refractivity contribution in [3.05, 3.63) is 41.8 Å². The van der Waals surface area contributed by atoms with Gasteiger partial charge in [0.2, 0.25) is 5.89 Å². The maximum atomic E-state index is 12.2. The van der Waals surface area contributed by atoms with Gasteiger partial charge in [-0.2, -0.15) is 4.98 Å². The molecule has 21 heavy (non-hydrogen) atoms. The van der Waals surface area contributed by atoms with E-state index in [1.807, 2.05) is 49.2 Å². The summed E-state index contributed by atoms with van der Waals surface area (Å²) < 4.78 is 10.4. The summed E-state index contributed by atoms with van der Waals surface area (Å²) in [6, 6.07) is 9.29. The molecule has 6 nitrogen and oxygen atoms in total. The quantitative estimate of drug-likeness (QED) is 0.760. The van der Waals surface area contributed by atoms with Crippen LogP contribution in [0.4, 0.5) is 5.95 Å². The highest BCUT2D eigenvalue weighted by Gasteiger charge is 2.30. The molecule has 0 spiro atoms. The summed E-state index contributed by atoms with van der Waals surface area (Å²) in [6.07, 6.45) is 0. The zero-order chi connectivity index (χ0) is 15.2. The third-order valence-electron chi connectivity index (χ3n) is 3.15. The molecule has 1 unspecified atom stereocenters. The molecule has 0 aliphatic heterocycles. The van der Waals surface area contributed by atoms with Crippen LogP contribution in [0.2, 0.25) is 0 Å². The molecule has 2 rings (SSSR count). The Morgan fingerprint density at radius 3 is 2.67 bits per heavy atom. The molecule has 1 aromatic carbocycles. The smallest absolute Gasteiger partial charge is 0.323 e. The lowest BCUT2D eigenvalue weighted by molar-refractivity contribution is -0.144. The number of hydrogen-bond donors (Lipinski definition) is 0. The first kappa shape index (κ1) is 15.0. The molecule has 0 aliphatic rings. The average molecular weight is 289 g/mol. The summed E-state index contributed by atoms with van der Waals surface area (Å²) in [5, 5.41) is 3.91. The standard InChI is InChI=1S/C15H19N3O3/c1-4-18(3)15-16-13(21-17-15)12(14(19)20-5-2)11-9-7-6-8-10-11/h6-10,12H,4-5H2,1-3H3. The van der Waals surface area contributed by atoms with Crippen molar-refractivity contribution in [2.45, 2.75) is 19.8 Å². The molecular weight excluding hydrogens is 270 g/mol. The van der Waals surface area contributed by atoms with Crippen molar-refractivity contribution in [3.8, 4) is 0 Å². The normalized spacial score (nSPS) is 12.0. The molecule has 0 bridgehead atoms. The van der Waals surface area contributed by atoms with Crippen LogP contribution < -0.4 is 4.90 Å². The van der Waals surface area contributed by atoms with E-state index in [9.17, 15) is 4.79 Å². The zero-order valence-corrected chi connectivity index (χ0v) is 12.4. The minimum Gasteiger partial charge on any atom is -0.465 e. The topological polar surface area (TPSA) is 68.5 Å². The second-order valence-electron chi connectivity index (χ2n) is 4.54. The molecular formula is C15H19N3O3. The highest BCUT2D eigenvalue weighted by atomic mass is 16.5. The first-order valence-corrected chi connectivity index (χ1v) is 6.93. The van der Waals surface area contributed by atoms with Crippen LogP contribution in [0.3, 0.4) is 0 Å². The van der Waals surface area contributed by atoms with Crippen LogP contribution in [0, 0.1) is 0 Å². The van der Waals surface area contributed by atoms with Crippen molar-refractivity contribution in [1.29, 1.82) is 0 Å². The Kier molecular flexibility index (Phi) is 4.92. The summed E-state index contributed by atoms with van der Waals surface area (Å²) in [4.78, 5) is 18.4. The Labute approximate surface area is 123 Å². The van der Waals surface area contributed by atoms with E-state index in [1.165, 1.54) is 0 Å². The molecule has 112 valence electrons. The molecule has 0 saturated heterocycles. The SMILES string of the molecule is CCOC(=O)C(c1ccccc1)c1nc(N(C)CC)no1. The van der Waals surface area contributed by atoms with E-state index in [1.54, 1.807) is 6.92 Å². The Bertz CT molecular complexity index is 583. The molecule has 0 fully saturated rings. The largest absolute Gasteiger partial charge is 0.465 e. The maximum absolute atomic E-state index is 12.2. The van der Waals surface area contributed by atoms with Crippen LogP contribution in [0.25, 0.3) is 0 Å². The molecule has 0 radical (unpaired) electrons. The van der Waals surface area contributed by atoms with Gasteiger partial charge in [-0.1, -0.05) is 30.3 Å². The van der Waals surface area contributed by atoms with Crippen LogP contribution in [0.5, 0.6) is 0 Å². The van der Waals surface area contributed by atoms with Crippen molar-refractivity contribution >= 4 is 11.9 Å². The molecule has 0 aliphatic carbocycles. The number of ether oxygens (including phenoxy) is 1. The number of benzene rings is 1. The lowest BCUT2D eigenvalue weighted by Gasteiger charge is -2.12. The predicted molar refractivity (Wildman–Crippen MR) is 78.2 cm³/mol. The number of carbonyl (C=O) groups excluding carboxylic acids is 1. The zero-order valence-electron chi connectivity index (χ0n) is 12.4. The second-order valence-corrected chi connectivity index (χ2v) is 4.54. The van der Waals surface area contributed by atoms with Crippen LogP contribution >= 0.6 is 0 Å². The summed E-state index contributed by atoms with van der Waals surface area (Å²) in [5.74, 6) is -0.386. The fraction of sp³-hybridized carbons (Fsp3) is 0.400. The number of nitrogens with zero attached hydrogens (tertiary/aromatic N) is 3. The molecule has 1 atom stereocenters. The Balaban J connectivity index is 2.36. The van der Waals surface area contributed by atoms with E-state index in [2.05, 4.69) is 10.1 Å². The molecule has 2 aromatic rings. The third kappa shape index (κ3) is 3.39. The number of aromatic nitrogens is 2. The minimum atomic E-state index is -0.697. The first-order valence-electron chi connectivity index (χ1n) is 6.93. The van der Waals surface area contributed by atoms with Crippen molar-refractivity contribution in [3.63, 3.8) is 0 Å². The number of rotatable bonds is 6. The van der Waals surface area contributed by atoms with Gasteiger partial charge in [0.1, 0.15) is 0 Å². The van der Waals surface area contributed by atoms with E-state index < -0.39 is 11.9 Å². The van der Waals surface area contributed by atoms with Crippen molar-refractivity contribution in [1.82, 2.24) is 10.1 Å². The van der Waals surface area contributed by atoms with Gasteiger partial charge in [0.05, 0.1) is 6.61 Å². The summed E-state index contributed by atoms with van der Waals surface area (Å²) in [6.45, 7) is 4.80. The van der Waals surface area contributed by atoms with Crippen molar-refractivity contribution < 1.29 is 14.1 Å². The molecule has 0 saturated carbocycles. The highest BCUT2D eigenvalue weighted by molar-refractivity contribution is 5.80. The summed E-state index contributed by atoms with van der Waals surface area (Å²) in [7, 11) is 1.86. The summed E-state index contributed by atoms with van der Waals surface area (Å²) >= 11 is 0. The number of carbonyl (C=O) groups is 1. The van der Waals surface area contributed by atoms with E-state index in [4.69, 9.17) is 9.26 Å². The average Bonchev–Trinajstić information content (AvgIpc) is 2.97. The molecule has 0 amide bonds. The fourth-order valence-electron chi connectivity index (χ4n) is 1.89. The third-order valence-corrected chi connectivity index (χ3v) is 3.15. The van der Waals surface area contributed by atoms with Crippen LogP contribution in [0.1, 0.15) is 31.2 Å². The van der Waals surface area contributed by atoms with Gasteiger partial charge in [0.15, 0.2) is 5.92 Å². The number of anilines is 1. The summed E-state index contributed by atoms with van der Waals surface area (Å²) in [5.41, 5.74) is 0.769. The monoisotopic (exact) mass is 289 g/mol. The minimum absolute atomic E-state index is 0.245. The van der Waals surface area contributed by atoms with Crippen molar-refractivity contribution in [2.75, 3.05) is 25.1 Å². The van der Waals surface area contributed by atoms with Gasteiger partial charge in [0.25, 0.3) is 5.95 Å². The molecule has 6 heteroatoms. The van der Waals surface area contributed by atoms with Gasteiger partial charge in [-0.15, -0.1) is 0 Å². The van der Waals surface area contributed by atoms with Gasteiger partial charge in [-0.3, -0.25) is 4.79 Å². The second kappa shape index (κ2) is 6.88. The Morgan fingerprint density at radius 2 is 2.05 bits per heavy atom. The molecule has 1 aromatic heterocycles. The van der Waals surface area contributed by atoms with Gasteiger partial charge < -0.3 is 14.2 Å². The number of esters is 1. The van der Waals surface area contributed by atoms with E-state index in [0.717, 1.165) is 12.1 Å². The predicted octanol–water partition coefficient (Wildman–Crippen LogP) is 2.22. The maximum Gasteiger partial charge on any atom is 0.323 e. The molecule has 0 N–H and O–H groups in total. The first-order chi connectivity index (χ1) is 10.2. The molecule has 1 heterocycles. The van der Waals surface area contributed by atoms with Gasteiger partial charge in [-0.05, 0) is 24.6 Å². The van der Waals surface area contributed by atoms with E-state index in [0.29, 0.717) is 12.6 Å². The highest BCUT2D eigenvalue weighted by Crippen LogP contribution is 2.26. The van der Waals surface area contributed by atoms with Gasteiger partial charge in [0, 0.05) is 13.6 Å². The number of hydrogen-bond acceptors (Lipinski definition) is 6. The van der Waals surface area contributed by atoms with Crippen LogP contribution in [0.15, 0.2) is 34.9 Å². The van der Waals surface area contributed by atoms with E-state index >= 15 is 0 Å². The van der Waals surface area contributed by atoms with Gasteiger partial charge in [-0.25, -0.2) is 0 Å². The van der Waals surface area contributed by atoms with E-state index in [-0.39, 0.29) is 5.89 Å².